The van der Waals surface area contributed by atoms with Gasteiger partial charge >= 0.3 is 12.2 Å². The van der Waals surface area contributed by atoms with Crippen molar-refractivity contribution < 1.29 is 22.8 Å². The van der Waals surface area contributed by atoms with E-state index in [9.17, 15) is 27.7 Å². The van der Waals surface area contributed by atoms with Crippen LogP contribution in [0.2, 0.25) is 0 Å². The number of alkyl halides is 3. The van der Waals surface area contributed by atoms with E-state index in [4.69, 9.17) is 0 Å². The highest BCUT2D eigenvalue weighted by atomic mass is 19.4. The molecule has 1 fully saturated rings. The number of nitrogens with one attached hydrogen (secondary N) is 1. The first-order chi connectivity index (χ1) is 9.58. The van der Waals surface area contributed by atoms with Crippen molar-refractivity contribution in [3.63, 3.8) is 0 Å². The van der Waals surface area contributed by atoms with Crippen LogP contribution >= 0.6 is 0 Å². The maximum absolute atomic E-state index is 12.8. The van der Waals surface area contributed by atoms with E-state index >= 15 is 0 Å². The molecular weight excluding hydrogens is 291 g/mol. The first kappa shape index (κ1) is 14.9. The van der Waals surface area contributed by atoms with Crippen molar-refractivity contribution in [2.75, 3.05) is 4.90 Å². The lowest BCUT2D eigenvalue weighted by Gasteiger charge is -2.17. The average Bonchev–Trinajstić information content (AvgIpc) is 2.56. The van der Waals surface area contributed by atoms with Crippen LogP contribution in [0.5, 0.6) is 0 Å². The van der Waals surface area contributed by atoms with Gasteiger partial charge in [-0.2, -0.15) is 13.2 Å². The van der Waals surface area contributed by atoms with E-state index < -0.39 is 34.9 Å². The van der Waals surface area contributed by atoms with Crippen molar-refractivity contribution in [1.29, 1.82) is 0 Å². The fourth-order valence-corrected chi connectivity index (χ4v) is 1.95. The lowest BCUT2D eigenvalue weighted by Crippen LogP contribution is -2.40. The van der Waals surface area contributed by atoms with Gasteiger partial charge in [0.15, 0.2) is 0 Å². The Kier molecular flexibility index (Phi) is 3.23. The highest BCUT2D eigenvalue weighted by Gasteiger charge is 2.46. The minimum absolute atomic E-state index is 0.275. The molecule has 0 atom stereocenters. The van der Waals surface area contributed by atoms with Crippen molar-refractivity contribution >= 4 is 23.3 Å². The molecule has 1 N–H and O–H groups in total. The highest BCUT2D eigenvalue weighted by molar-refractivity contribution is 6.23. The first-order valence-electron chi connectivity index (χ1n) is 5.79. The normalized spacial score (nSPS) is 17.9. The fraction of sp³-hybridized carbons (Fsp3) is 0.333. The van der Waals surface area contributed by atoms with Gasteiger partial charge in [-0.3, -0.25) is 4.79 Å². The number of hydrogen-bond donors (Lipinski definition) is 1. The second kappa shape index (κ2) is 4.54. The van der Waals surface area contributed by atoms with Gasteiger partial charge in [-0.25, -0.2) is 9.69 Å². The molecule has 6 nitrogen and oxygen atoms in total. The van der Waals surface area contributed by atoms with Gasteiger partial charge in [0, 0.05) is 0 Å². The van der Waals surface area contributed by atoms with Gasteiger partial charge in [-0.15, -0.1) is 4.91 Å². The van der Waals surface area contributed by atoms with Crippen molar-refractivity contribution in [1.82, 2.24) is 5.32 Å². The Morgan fingerprint density at radius 2 is 1.86 bits per heavy atom. The van der Waals surface area contributed by atoms with Gasteiger partial charge in [0.1, 0.15) is 11.2 Å². The van der Waals surface area contributed by atoms with Gasteiger partial charge in [0.25, 0.3) is 5.91 Å². The Labute approximate surface area is 116 Å². The van der Waals surface area contributed by atoms with Crippen LogP contribution in [0.15, 0.2) is 23.4 Å². The number of halogens is 3. The van der Waals surface area contributed by atoms with Crippen LogP contribution in [0.3, 0.4) is 0 Å². The minimum Gasteiger partial charge on any atom is -0.323 e. The van der Waals surface area contributed by atoms with Gasteiger partial charge < -0.3 is 5.32 Å². The second-order valence-electron chi connectivity index (χ2n) is 4.99. The number of benzene rings is 1. The van der Waals surface area contributed by atoms with Crippen molar-refractivity contribution in [3.05, 3.63) is 28.7 Å². The molecule has 0 bridgehead atoms. The number of amides is 3. The van der Waals surface area contributed by atoms with Gasteiger partial charge in [0.05, 0.1) is 11.3 Å². The SMILES string of the molecule is CC1(C)NC(=O)N(c2ccc(N=O)c(C(F)(F)F)c2)C1=O. The van der Waals surface area contributed by atoms with Gasteiger partial charge in [-0.1, -0.05) is 0 Å². The Hall–Kier alpha value is -2.45. The molecule has 1 aliphatic heterocycles. The van der Waals surface area contributed by atoms with E-state index in [0.717, 1.165) is 12.1 Å². The van der Waals surface area contributed by atoms with Crippen LogP contribution in [0.25, 0.3) is 0 Å². The summed E-state index contributed by atoms with van der Waals surface area (Å²) in [4.78, 5) is 34.8. The van der Waals surface area contributed by atoms with E-state index in [2.05, 4.69) is 10.5 Å². The number of rotatable bonds is 2. The standard InChI is InChI=1S/C12H10F3N3O3/c1-11(2)9(19)18(10(20)16-11)6-3-4-8(17-21)7(5-6)12(13,14)15/h3-5H,1-2H3,(H,16,20). The lowest BCUT2D eigenvalue weighted by atomic mass is 10.1. The quantitative estimate of drug-likeness (QED) is 0.673. The Balaban J connectivity index is 2.54. The lowest BCUT2D eigenvalue weighted by molar-refractivity contribution is -0.137. The molecule has 1 heterocycles. The maximum Gasteiger partial charge on any atom is 0.418 e. The summed E-state index contributed by atoms with van der Waals surface area (Å²) in [6, 6.07) is 1.60. The third-order valence-electron chi connectivity index (χ3n) is 3.00. The number of urea groups is 1. The van der Waals surface area contributed by atoms with Gasteiger partial charge in [-0.05, 0) is 37.2 Å². The predicted octanol–water partition coefficient (Wildman–Crippen LogP) is 2.94. The zero-order chi connectivity index (χ0) is 16.0. The first-order valence-corrected chi connectivity index (χ1v) is 5.79. The summed E-state index contributed by atoms with van der Waals surface area (Å²) in [6.07, 6.45) is -4.83. The average molecular weight is 301 g/mol. The van der Waals surface area contributed by atoms with E-state index in [-0.39, 0.29) is 5.69 Å². The van der Waals surface area contributed by atoms with Crippen molar-refractivity contribution in [2.45, 2.75) is 25.6 Å². The van der Waals surface area contributed by atoms with Crippen LogP contribution in [0.4, 0.5) is 29.3 Å². The summed E-state index contributed by atoms with van der Waals surface area (Å²) in [5.41, 5.74) is -3.60. The predicted molar refractivity (Wildman–Crippen MR) is 67.0 cm³/mol. The highest BCUT2D eigenvalue weighted by Crippen LogP contribution is 2.39. The molecule has 3 amide bonds. The minimum atomic E-state index is -4.83. The van der Waals surface area contributed by atoms with E-state index in [0.29, 0.717) is 11.0 Å². The number of anilines is 1. The van der Waals surface area contributed by atoms with Crippen molar-refractivity contribution in [2.24, 2.45) is 5.18 Å². The molecule has 21 heavy (non-hydrogen) atoms. The van der Waals surface area contributed by atoms with Crippen LogP contribution in [0, 0.1) is 4.91 Å². The van der Waals surface area contributed by atoms with Gasteiger partial charge in [0.2, 0.25) is 0 Å². The Morgan fingerprint density at radius 1 is 1.24 bits per heavy atom. The molecule has 1 aromatic carbocycles. The van der Waals surface area contributed by atoms with Crippen molar-refractivity contribution in [3.8, 4) is 0 Å². The van der Waals surface area contributed by atoms with E-state index in [1.54, 1.807) is 0 Å². The van der Waals surface area contributed by atoms with Crippen LogP contribution < -0.4 is 10.2 Å². The molecule has 0 saturated carbocycles. The summed E-state index contributed by atoms with van der Waals surface area (Å²) < 4.78 is 38.5. The molecule has 1 aromatic rings. The summed E-state index contributed by atoms with van der Waals surface area (Å²) >= 11 is 0. The topological polar surface area (TPSA) is 78.8 Å². The third-order valence-corrected chi connectivity index (χ3v) is 3.00. The fourth-order valence-electron chi connectivity index (χ4n) is 1.95. The third kappa shape index (κ3) is 2.46. The molecule has 112 valence electrons. The Morgan fingerprint density at radius 3 is 2.29 bits per heavy atom. The van der Waals surface area contributed by atoms with Crippen LogP contribution in [-0.2, 0) is 11.0 Å². The molecular formula is C12H10F3N3O3. The molecule has 0 unspecified atom stereocenters. The second-order valence-corrected chi connectivity index (χ2v) is 4.99. The zero-order valence-corrected chi connectivity index (χ0v) is 11.0. The number of nitrogens with zero attached hydrogens (tertiary/aromatic N) is 2. The zero-order valence-electron chi connectivity index (χ0n) is 11.0. The summed E-state index contributed by atoms with van der Waals surface area (Å²) in [5.74, 6) is -0.688. The number of nitroso groups, excluding NO2 is 1. The molecule has 0 spiro atoms. The Bertz CT molecular complexity index is 640. The van der Waals surface area contributed by atoms with E-state index in [1.807, 2.05) is 0 Å². The maximum atomic E-state index is 12.8. The number of hydrogen-bond acceptors (Lipinski definition) is 4. The molecule has 1 aliphatic rings. The number of carbonyl (C=O) groups excluding carboxylic acids is 2. The largest absolute Gasteiger partial charge is 0.418 e. The monoisotopic (exact) mass is 301 g/mol. The van der Waals surface area contributed by atoms with Crippen LogP contribution in [-0.4, -0.2) is 17.5 Å². The number of imide groups is 1. The molecule has 2 rings (SSSR count). The number of carbonyl (C=O) groups is 2. The summed E-state index contributed by atoms with van der Waals surface area (Å²) in [5, 5.41) is 4.65. The van der Waals surface area contributed by atoms with Crippen LogP contribution in [0.1, 0.15) is 19.4 Å². The molecule has 9 heteroatoms. The molecule has 0 aromatic heterocycles. The molecule has 0 radical (unpaired) electrons. The molecule has 0 aliphatic carbocycles. The summed E-state index contributed by atoms with van der Waals surface area (Å²) in [7, 11) is 0. The summed E-state index contributed by atoms with van der Waals surface area (Å²) in [6.45, 7) is 2.86. The molecule has 1 saturated heterocycles. The smallest absolute Gasteiger partial charge is 0.323 e. The van der Waals surface area contributed by atoms with E-state index in [1.165, 1.54) is 13.8 Å².